The Morgan fingerprint density at radius 3 is 2.82 bits per heavy atom. The molecule has 0 spiro atoms. The van der Waals surface area contributed by atoms with Crippen molar-refractivity contribution in [2.45, 2.75) is 38.1 Å². The molecule has 0 unspecified atom stereocenters. The lowest BCUT2D eigenvalue weighted by Crippen LogP contribution is -2.43. The molecular formula is C22H26N4O2. The van der Waals surface area contributed by atoms with Crippen LogP contribution in [-0.4, -0.2) is 40.6 Å². The van der Waals surface area contributed by atoms with Gasteiger partial charge in [0.1, 0.15) is 11.6 Å². The Balaban J connectivity index is 1.47. The maximum absolute atomic E-state index is 13.0. The average molecular weight is 378 g/mol. The second-order valence-corrected chi connectivity index (χ2v) is 7.24. The first-order valence-corrected chi connectivity index (χ1v) is 9.88. The number of aromatic nitrogens is 2. The van der Waals surface area contributed by atoms with Gasteiger partial charge in [-0.15, -0.1) is 0 Å². The maximum atomic E-state index is 13.0. The predicted octanol–water partition coefficient (Wildman–Crippen LogP) is 4.59. The van der Waals surface area contributed by atoms with Gasteiger partial charge in [-0.05, 0) is 37.1 Å². The minimum atomic E-state index is -0.0590. The van der Waals surface area contributed by atoms with Crippen molar-refractivity contribution >= 4 is 22.8 Å². The molecule has 6 nitrogen and oxygen atoms in total. The van der Waals surface area contributed by atoms with Crippen molar-refractivity contribution < 1.29 is 9.53 Å². The van der Waals surface area contributed by atoms with E-state index in [2.05, 4.69) is 15.3 Å². The third kappa shape index (κ3) is 4.11. The quantitative estimate of drug-likeness (QED) is 0.659. The summed E-state index contributed by atoms with van der Waals surface area (Å²) in [5.74, 6) is 1.64. The second-order valence-electron chi connectivity index (χ2n) is 7.24. The summed E-state index contributed by atoms with van der Waals surface area (Å²) >= 11 is 0. The summed E-state index contributed by atoms with van der Waals surface area (Å²) in [5, 5.41) is 3.03. The predicted molar refractivity (Wildman–Crippen MR) is 111 cm³/mol. The standard InChI is InChI=1S/C22H26N4O2/c1-28-18-10-6-7-16(15-18)23-22(27)26(17-8-2-3-9-17)14-13-21-24-19-11-4-5-12-20(19)25-21/h4-7,10-12,15,17H,2-3,8-9,13-14H2,1H3,(H,23,27)(H,24,25). The number of para-hydroxylation sites is 2. The lowest BCUT2D eigenvalue weighted by Gasteiger charge is -2.29. The number of imidazole rings is 1. The number of H-pyrrole nitrogens is 1. The molecule has 2 aromatic carbocycles. The number of methoxy groups -OCH3 is 1. The van der Waals surface area contributed by atoms with Crippen LogP contribution in [0.3, 0.4) is 0 Å². The van der Waals surface area contributed by atoms with Crippen molar-refractivity contribution in [3.63, 3.8) is 0 Å². The number of benzene rings is 2. The molecule has 146 valence electrons. The molecule has 1 aromatic heterocycles. The van der Waals surface area contributed by atoms with Crippen LogP contribution in [0.25, 0.3) is 11.0 Å². The van der Waals surface area contributed by atoms with E-state index >= 15 is 0 Å². The fourth-order valence-corrected chi connectivity index (χ4v) is 3.91. The van der Waals surface area contributed by atoms with Crippen molar-refractivity contribution in [1.29, 1.82) is 0 Å². The Morgan fingerprint density at radius 2 is 2.04 bits per heavy atom. The van der Waals surface area contributed by atoms with Crippen molar-refractivity contribution in [1.82, 2.24) is 14.9 Å². The van der Waals surface area contributed by atoms with Gasteiger partial charge < -0.3 is 19.9 Å². The van der Waals surface area contributed by atoms with E-state index in [-0.39, 0.29) is 12.1 Å². The van der Waals surface area contributed by atoms with Crippen molar-refractivity contribution in [2.75, 3.05) is 19.0 Å². The molecular weight excluding hydrogens is 352 g/mol. The van der Waals surface area contributed by atoms with E-state index in [9.17, 15) is 4.79 Å². The van der Waals surface area contributed by atoms with Crippen LogP contribution >= 0.6 is 0 Å². The van der Waals surface area contributed by atoms with Crippen LogP contribution in [-0.2, 0) is 6.42 Å². The van der Waals surface area contributed by atoms with Gasteiger partial charge in [-0.25, -0.2) is 9.78 Å². The van der Waals surface area contributed by atoms with Gasteiger partial charge in [-0.2, -0.15) is 0 Å². The van der Waals surface area contributed by atoms with Crippen LogP contribution in [0.5, 0.6) is 5.75 Å². The molecule has 1 saturated carbocycles. The van der Waals surface area contributed by atoms with Gasteiger partial charge in [-0.1, -0.05) is 31.0 Å². The van der Waals surface area contributed by atoms with Gasteiger partial charge in [0.2, 0.25) is 0 Å². The first kappa shape index (κ1) is 18.3. The van der Waals surface area contributed by atoms with Gasteiger partial charge in [0.25, 0.3) is 0 Å². The molecule has 0 atom stereocenters. The summed E-state index contributed by atoms with van der Waals surface area (Å²) in [5.41, 5.74) is 2.74. The Hall–Kier alpha value is -3.02. The fraction of sp³-hybridized carbons (Fsp3) is 0.364. The maximum Gasteiger partial charge on any atom is 0.322 e. The molecule has 0 radical (unpaired) electrons. The van der Waals surface area contributed by atoms with E-state index in [1.165, 1.54) is 12.8 Å². The molecule has 1 heterocycles. The van der Waals surface area contributed by atoms with Crippen LogP contribution in [0.4, 0.5) is 10.5 Å². The Bertz CT molecular complexity index is 913. The summed E-state index contributed by atoms with van der Waals surface area (Å²) in [6.45, 7) is 0.639. The fourth-order valence-electron chi connectivity index (χ4n) is 3.91. The van der Waals surface area contributed by atoms with Crippen LogP contribution in [0.2, 0.25) is 0 Å². The summed E-state index contributed by atoms with van der Waals surface area (Å²) in [6, 6.07) is 15.7. The highest BCUT2D eigenvalue weighted by Crippen LogP contribution is 2.25. The van der Waals surface area contributed by atoms with Crippen LogP contribution in [0.1, 0.15) is 31.5 Å². The zero-order valence-electron chi connectivity index (χ0n) is 16.1. The summed E-state index contributed by atoms with van der Waals surface area (Å²) in [6.07, 6.45) is 5.19. The number of ether oxygens (including phenoxy) is 1. The lowest BCUT2D eigenvalue weighted by molar-refractivity contribution is 0.189. The number of fused-ring (bicyclic) bond motifs is 1. The monoisotopic (exact) mass is 378 g/mol. The molecule has 6 heteroatoms. The van der Waals surface area contributed by atoms with Gasteiger partial charge in [0, 0.05) is 30.8 Å². The lowest BCUT2D eigenvalue weighted by atomic mass is 10.2. The summed E-state index contributed by atoms with van der Waals surface area (Å²) in [7, 11) is 1.62. The first-order valence-electron chi connectivity index (χ1n) is 9.88. The number of hydrogen-bond acceptors (Lipinski definition) is 3. The number of anilines is 1. The first-order chi connectivity index (χ1) is 13.7. The number of carbonyl (C=O) groups is 1. The molecule has 4 rings (SSSR count). The highest BCUT2D eigenvalue weighted by Gasteiger charge is 2.27. The third-order valence-electron chi connectivity index (χ3n) is 5.38. The molecule has 3 aromatic rings. The Labute approximate surface area is 164 Å². The van der Waals surface area contributed by atoms with E-state index in [0.717, 1.165) is 41.1 Å². The third-order valence-corrected chi connectivity index (χ3v) is 5.38. The Kier molecular flexibility index (Phi) is 5.46. The SMILES string of the molecule is COc1cccc(NC(=O)N(CCc2nc3ccccc3[nH]2)C2CCCC2)c1. The second kappa shape index (κ2) is 8.33. The molecule has 1 aliphatic rings. The van der Waals surface area contributed by atoms with E-state index in [0.29, 0.717) is 13.0 Å². The normalized spacial score (nSPS) is 14.3. The molecule has 28 heavy (non-hydrogen) atoms. The topological polar surface area (TPSA) is 70.2 Å². The van der Waals surface area contributed by atoms with Gasteiger partial charge >= 0.3 is 6.03 Å². The zero-order chi connectivity index (χ0) is 19.3. The van der Waals surface area contributed by atoms with Gasteiger partial charge in [-0.3, -0.25) is 0 Å². The van der Waals surface area contributed by atoms with Crippen molar-refractivity contribution in [3.8, 4) is 5.75 Å². The largest absolute Gasteiger partial charge is 0.497 e. The van der Waals surface area contributed by atoms with Crippen molar-refractivity contribution in [3.05, 3.63) is 54.4 Å². The highest BCUT2D eigenvalue weighted by molar-refractivity contribution is 5.89. The highest BCUT2D eigenvalue weighted by atomic mass is 16.5. The van der Waals surface area contributed by atoms with E-state index in [1.54, 1.807) is 7.11 Å². The van der Waals surface area contributed by atoms with Gasteiger partial charge in [0.05, 0.1) is 18.1 Å². The molecule has 0 aliphatic heterocycles. The number of urea groups is 1. The zero-order valence-corrected chi connectivity index (χ0v) is 16.1. The number of aromatic amines is 1. The summed E-state index contributed by atoms with van der Waals surface area (Å²) < 4.78 is 5.25. The van der Waals surface area contributed by atoms with Crippen LogP contribution in [0, 0.1) is 0 Å². The Morgan fingerprint density at radius 1 is 1.21 bits per heavy atom. The van der Waals surface area contributed by atoms with E-state index in [1.807, 2.05) is 53.4 Å². The molecule has 1 fully saturated rings. The number of hydrogen-bond donors (Lipinski definition) is 2. The number of rotatable bonds is 6. The number of nitrogens with zero attached hydrogens (tertiary/aromatic N) is 2. The summed E-state index contributed by atoms with van der Waals surface area (Å²) in [4.78, 5) is 23.0. The average Bonchev–Trinajstić information content (AvgIpc) is 3.38. The molecule has 0 bridgehead atoms. The number of carbonyl (C=O) groups excluding carboxylic acids is 1. The minimum absolute atomic E-state index is 0.0590. The molecule has 1 aliphatic carbocycles. The molecule has 2 N–H and O–H groups in total. The van der Waals surface area contributed by atoms with Crippen LogP contribution < -0.4 is 10.1 Å². The molecule has 2 amide bonds. The van der Waals surface area contributed by atoms with Crippen LogP contribution in [0.15, 0.2) is 48.5 Å². The smallest absolute Gasteiger partial charge is 0.322 e. The van der Waals surface area contributed by atoms with E-state index in [4.69, 9.17) is 4.74 Å². The van der Waals surface area contributed by atoms with E-state index < -0.39 is 0 Å². The molecule has 0 saturated heterocycles. The number of amides is 2. The van der Waals surface area contributed by atoms with Gasteiger partial charge in [0.15, 0.2) is 0 Å². The minimum Gasteiger partial charge on any atom is -0.497 e. The van der Waals surface area contributed by atoms with Crippen molar-refractivity contribution in [2.24, 2.45) is 0 Å². The number of nitrogens with one attached hydrogen (secondary N) is 2.